The predicted molar refractivity (Wildman–Crippen MR) is 70.9 cm³/mol. The van der Waals surface area contributed by atoms with Gasteiger partial charge in [-0.2, -0.15) is 0 Å². The summed E-state index contributed by atoms with van der Waals surface area (Å²) in [4.78, 5) is 18.9. The molecule has 0 fully saturated rings. The van der Waals surface area contributed by atoms with Crippen LogP contribution in [-0.4, -0.2) is 22.3 Å². The van der Waals surface area contributed by atoms with E-state index in [2.05, 4.69) is 20.6 Å². The van der Waals surface area contributed by atoms with Crippen molar-refractivity contribution in [3.05, 3.63) is 42.5 Å². The first-order valence-electron chi connectivity index (χ1n) is 5.71. The standard InChI is InChI=1S/C13H13FN4O/c1-9(19)7-15-12-6-13(17-8-16-12)18-11-4-2-3-10(14)5-11/h2-6,8H,7H2,1H3,(H2,15,16,17,18). The number of nitrogens with one attached hydrogen (secondary N) is 2. The van der Waals surface area contributed by atoms with E-state index in [4.69, 9.17) is 0 Å². The molecule has 5 nitrogen and oxygen atoms in total. The largest absolute Gasteiger partial charge is 0.363 e. The summed E-state index contributed by atoms with van der Waals surface area (Å²) in [5.41, 5.74) is 0.594. The van der Waals surface area contributed by atoms with Gasteiger partial charge in [0.05, 0.1) is 6.54 Å². The second kappa shape index (κ2) is 5.90. The second-order valence-electron chi connectivity index (χ2n) is 3.98. The number of hydrogen-bond donors (Lipinski definition) is 2. The maximum absolute atomic E-state index is 13.0. The molecule has 0 unspecified atom stereocenters. The van der Waals surface area contributed by atoms with Crippen molar-refractivity contribution < 1.29 is 9.18 Å². The van der Waals surface area contributed by atoms with Crippen molar-refractivity contribution in [3.8, 4) is 0 Å². The predicted octanol–water partition coefficient (Wildman–Crippen LogP) is 2.36. The third kappa shape index (κ3) is 4.02. The summed E-state index contributed by atoms with van der Waals surface area (Å²) >= 11 is 0. The van der Waals surface area contributed by atoms with Gasteiger partial charge in [-0.1, -0.05) is 6.07 Å². The molecule has 0 aliphatic carbocycles. The van der Waals surface area contributed by atoms with Crippen LogP contribution in [0.25, 0.3) is 0 Å². The van der Waals surface area contributed by atoms with Crippen LogP contribution in [0.4, 0.5) is 21.7 Å². The van der Waals surface area contributed by atoms with Crippen molar-refractivity contribution in [2.75, 3.05) is 17.2 Å². The minimum Gasteiger partial charge on any atom is -0.363 e. The molecule has 19 heavy (non-hydrogen) atoms. The quantitative estimate of drug-likeness (QED) is 0.863. The molecule has 0 spiro atoms. The Hall–Kier alpha value is -2.50. The van der Waals surface area contributed by atoms with Gasteiger partial charge in [0.25, 0.3) is 0 Å². The fourth-order valence-electron chi connectivity index (χ4n) is 1.45. The van der Waals surface area contributed by atoms with E-state index in [9.17, 15) is 9.18 Å². The van der Waals surface area contributed by atoms with Gasteiger partial charge in [-0.05, 0) is 25.1 Å². The van der Waals surface area contributed by atoms with Gasteiger partial charge in [0.1, 0.15) is 29.6 Å². The number of aromatic nitrogens is 2. The molecule has 0 saturated carbocycles. The molecule has 0 radical (unpaired) electrons. The van der Waals surface area contributed by atoms with Crippen molar-refractivity contribution in [2.24, 2.45) is 0 Å². The molecule has 1 aromatic heterocycles. The van der Waals surface area contributed by atoms with Crippen LogP contribution in [-0.2, 0) is 4.79 Å². The Labute approximate surface area is 109 Å². The number of Topliss-reactive ketones (excluding diaryl/α,β-unsaturated/α-hetero) is 1. The first-order valence-corrected chi connectivity index (χ1v) is 5.71. The van der Waals surface area contributed by atoms with Gasteiger partial charge in [-0.15, -0.1) is 0 Å². The molecule has 0 aliphatic heterocycles. The summed E-state index contributed by atoms with van der Waals surface area (Å²) in [5, 5.41) is 5.82. The van der Waals surface area contributed by atoms with Gasteiger partial charge in [-0.3, -0.25) is 4.79 Å². The third-order valence-electron chi connectivity index (χ3n) is 2.28. The molecule has 0 bridgehead atoms. The van der Waals surface area contributed by atoms with E-state index >= 15 is 0 Å². The Balaban J connectivity index is 2.08. The lowest BCUT2D eigenvalue weighted by molar-refractivity contribution is -0.115. The first-order chi connectivity index (χ1) is 9.13. The minimum atomic E-state index is -0.325. The number of rotatable bonds is 5. The molecule has 0 aliphatic rings. The normalized spacial score (nSPS) is 10.0. The van der Waals surface area contributed by atoms with Crippen LogP contribution >= 0.6 is 0 Å². The summed E-state index contributed by atoms with van der Waals surface area (Å²) in [5.74, 6) is 0.739. The zero-order chi connectivity index (χ0) is 13.7. The van der Waals surface area contributed by atoms with E-state index in [1.807, 2.05) is 0 Å². The lowest BCUT2D eigenvalue weighted by Crippen LogP contribution is -2.11. The third-order valence-corrected chi connectivity index (χ3v) is 2.28. The first kappa shape index (κ1) is 12.9. The van der Waals surface area contributed by atoms with Crippen LogP contribution in [0.1, 0.15) is 6.92 Å². The fourth-order valence-corrected chi connectivity index (χ4v) is 1.45. The monoisotopic (exact) mass is 260 g/mol. The van der Waals surface area contributed by atoms with Crippen LogP contribution < -0.4 is 10.6 Å². The summed E-state index contributed by atoms with van der Waals surface area (Å²) in [6.45, 7) is 1.69. The number of carbonyl (C=O) groups is 1. The number of hydrogen-bond acceptors (Lipinski definition) is 5. The number of carbonyl (C=O) groups excluding carboxylic acids is 1. The van der Waals surface area contributed by atoms with E-state index in [0.717, 1.165) is 0 Å². The van der Waals surface area contributed by atoms with Crippen LogP contribution in [0.2, 0.25) is 0 Å². The van der Waals surface area contributed by atoms with E-state index in [0.29, 0.717) is 17.3 Å². The van der Waals surface area contributed by atoms with Crippen LogP contribution in [0, 0.1) is 5.82 Å². The number of nitrogens with zero attached hydrogens (tertiary/aromatic N) is 2. The second-order valence-corrected chi connectivity index (χ2v) is 3.98. The Morgan fingerprint density at radius 2 is 2.05 bits per heavy atom. The van der Waals surface area contributed by atoms with Crippen LogP contribution in [0.5, 0.6) is 0 Å². The summed E-state index contributed by atoms with van der Waals surface area (Å²) < 4.78 is 13.0. The van der Waals surface area contributed by atoms with E-state index in [1.165, 1.54) is 25.4 Å². The lowest BCUT2D eigenvalue weighted by atomic mass is 10.3. The van der Waals surface area contributed by atoms with Gasteiger partial charge in [0.2, 0.25) is 0 Å². The Morgan fingerprint density at radius 3 is 2.79 bits per heavy atom. The van der Waals surface area contributed by atoms with Crippen molar-refractivity contribution in [2.45, 2.75) is 6.92 Å². The molecule has 1 heterocycles. The molecule has 2 aromatic rings. The van der Waals surface area contributed by atoms with Crippen LogP contribution in [0.15, 0.2) is 36.7 Å². The van der Waals surface area contributed by atoms with Gasteiger partial charge >= 0.3 is 0 Å². The summed E-state index contributed by atoms with van der Waals surface area (Å²) in [7, 11) is 0. The van der Waals surface area contributed by atoms with Gasteiger partial charge in [0.15, 0.2) is 0 Å². The van der Waals surface area contributed by atoms with Crippen molar-refractivity contribution >= 4 is 23.1 Å². The zero-order valence-electron chi connectivity index (χ0n) is 10.4. The molecule has 0 saturated heterocycles. The van der Waals surface area contributed by atoms with Gasteiger partial charge in [0, 0.05) is 11.8 Å². The average molecular weight is 260 g/mol. The Bertz CT molecular complexity index is 588. The highest BCUT2D eigenvalue weighted by Crippen LogP contribution is 2.16. The van der Waals surface area contributed by atoms with Crippen molar-refractivity contribution in [3.63, 3.8) is 0 Å². The van der Waals surface area contributed by atoms with E-state index < -0.39 is 0 Å². The summed E-state index contributed by atoms with van der Waals surface area (Å²) in [6.07, 6.45) is 1.37. The van der Waals surface area contributed by atoms with Crippen molar-refractivity contribution in [1.82, 2.24) is 9.97 Å². The smallest absolute Gasteiger partial charge is 0.148 e. The SMILES string of the molecule is CC(=O)CNc1cc(Nc2cccc(F)c2)ncn1. The molecular weight excluding hydrogens is 247 g/mol. The number of ketones is 1. The average Bonchev–Trinajstić information content (AvgIpc) is 2.37. The number of halogens is 1. The van der Waals surface area contributed by atoms with E-state index in [-0.39, 0.29) is 18.1 Å². The molecule has 1 aromatic carbocycles. The Kier molecular flexibility index (Phi) is 4.02. The molecule has 6 heteroatoms. The van der Waals surface area contributed by atoms with Gasteiger partial charge < -0.3 is 10.6 Å². The minimum absolute atomic E-state index is 0.0123. The van der Waals surface area contributed by atoms with E-state index in [1.54, 1.807) is 18.2 Å². The molecular formula is C13H13FN4O. The molecule has 2 rings (SSSR count). The zero-order valence-corrected chi connectivity index (χ0v) is 10.4. The Morgan fingerprint density at radius 1 is 1.26 bits per heavy atom. The molecule has 98 valence electrons. The van der Waals surface area contributed by atoms with Gasteiger partial charge in [-0.25, -0.2) is 14.4 Å². The maximum Gasteiger partial charge on any atom is 0.148 e. The number of benzene rings is 1. The lowest BCUT2D eigenvalue weighted by Gasteiger charge is -2.07. The van der Waals surface area contributed by atoms with Crippen LogP contribution in [0.3, 0.4) is 0 Å². The molecule has 0 atom stereocenters. The summed E-state index contributed by atoms with van der Waals surface area (Å²) in [6, 6.07) is 7.71. The highest BCUT2D eigenvalue weighted by Gasteiger charge is 2.01. The van der Waals surface area contributed by atoms with Crippen molar-refractivity contribution in [1.29, 1.82) is 0 Å². The molecule has 0 amide bonds. The fraction of sp³-hybridized carbons (Fsp3) is 0.154. The topological polar surface area (TPSA) is 66.9 Å². The number of anilines is 3. The maximum atomic E-state index is 13.0. The highest BCUT2D eigenvalue weighted by molar-refractivity contribution is 5.80. The molecule has 2 N–H and O–H groups in total. The highest BCUT2D eigenvalue weighted by atomic mass is 19.1.